The predicted octanol–water partition coefficient (Wildman–Crippen LogP) is 1.87. The van der Waals surface area contributed by atoms with Crippen LogP contribution >= 0.6 is 11.3 Å². The van der Waals surface area contributed by atoms with Crippen LogP contribution in [0.2, 0.25) is 0 Å². The standard InChI is InChI=1S/C11H9FN6S/c12-8-4-13-11(14-5-8)15-6-9-7-18(17-16-9)10-2-1-3-19-10/h1-5,7H,6H2,(H,13,14,15). The van der Waals surface area contributed by atoms with Crippen LogP contribution in [-0.4, -0.2) is 25.0 Å². The van der Waals surface area contributed by atoms with Gasteiger partial charge in [0.25, 0.3) is 0 Å². The molecular weight excluding hydrogens is 267 g/mol. The number of halogens is 1. The molecule has 0 unspecified atom stereocenters. The van der Waals surface area contributed by atoms with Crippen molar-refractivity contribution in [1.29, 1.82) is 0 Å². The molecule has 0 aromatic carbocycles. The van der Waals surface area contributed by atoms with Crippen LogP contribution in [0.25, 0.3) is 5.00 Å². The zero-order chi connectivity index (χ0) is 13.1. The highest BCUT2D eigenvalue weighted by Crippen LogP contribution is 2.13. The molecule has 3 heterocycles. The number of nitrogens with zero attached hydrogens (tertiary/aromatic N) is 5. The molecule has 0 aliphatic rings. The van der Waals surface area contributed by atoms with Gasteiger partial charge in [-0.05, 0) is 17.5 Å². The van der Waals surface area contributed by atoms with Gasteiger partial charge in [0.05, 0.1) is 25.1 Å². The largest absolute Gasteiger partial charge is 0.348 e. The molecule has 6 nitrogen and oxygen atoms in total. The van der Waals surface area contributed by atoms with E-state index in [0.29, 0.717) is 12.5 Å². The van der Waals surface area contributed by atoms with Crippen molar-refractivity contribution in [2.75, 3.05) is 5.32 Å². The molecule has 3 rings (SSSR count). The molecule has 8 heteroatoms. The van der Waals surface area contributed by atoms with E-state index >= 15 is 0 Å². The van der Waals surface area contributed by atoms with E-state index in [0.717, 1.165) is 23.1 Å². The first kappa shape index (κ1) is 11.7. The number of anilines is 1. The van der Waals surface area contributed by atoms with Crippen molar-refractivity contribution in [2.45, 2.75) is 6.54 Å². The molecule has 0 atom stereocenters. The average Bonchev–Trinajstić information content (AvgIpc) is 3.09. The van der Waals surface area contributed by atoms with Crippen molar-refractivity contribution in [3.8, 4) is 5.00 Å². The van der Waals surface area contributed by atoms with E-state index in [4.69, 9.17) is 0 Å². The van der Waals surface area contributed by atoms with E-state index in [1.54, 1.807) is 16.0 Å². The Hall–Kier alpha value is -2.35. The van der Waals surface area contributed by atoms with Gasteiger partial charge in [-0.25, -0.2) is 19.0 Å². The summed E-state index contributed by atoms with van der Waals surface area (Å²) in [5.41, 5.74) is 0.751. The molecule has 0 fully saturated rings. The van der Waals surface area contributed by atoms with Crippen LogP contribution in [0.5, 0.6) is 0 Å². The first-order valence-corrected chi connectivity index (χ1v) is 6.36. The summed E-state index contributed by atoms with van der Waals surface area (Å²) in [6, 6.07) is 3.91. The molecule has 1 N–H and O–H groups in total. The lowest BCUT2D eigenvalue weighted by Gasteiger charge is -2.00. The van der Waals surface area contributed by atoms with Gasteiger partial charge >= 0.3 is 0 Å². The second kappa shape index (κ2) is 5.11. The topological polar surface area (TPSA) is 68.5 Å². The third-order valence-corrected chi connectivity index (χ3v) is 3.18. The lowest BCUT2D eigenvalue weighted by atomic mass is 10.5. The zero-order valence-corrected chi connectivity index (χ0v) is 10.5. The van der Waals surface area contributed by atoms with Gasteiger partial charge < -0.3 is 5.32 Å². The van der Waals surface area contributed by atoms with Gasteiger partial charge in [-0.1, -0.05) is 5.21 Å². The number of hydrogen-bond acceptors (Lipinski definition) is 6. The summed E-state index contributed by atoms with van der Waals surface area (Å²) >= 11 is 1.58. The highest BCUT2D eigenvalue weighted by atomic mass is 32.1. The van der Waals surface area contributed by atoms with Crippen LogP contribution in [-0.2, 0) is 6.54 Å². The molecule has 0 saturated heterocycles. The van der Waals surface area contributed by atoms with Gasteiger partial charge in [0.2, 0.25) is 5.95 Å². The van der Waals surface area contributed by atoms with E-state index in [1.165, 1.54) is 0 Å². The van der Waals surface area contributed by atoms with Crippen LogP contribution in [0.15, 0.2) is 36.1 Å². The quantitative estimate of drug-likeness (QED) is 0.788. The van der Waals surface area contributed by atoms with Gasteiger partial charge in [-0.15, -0.1) is 16.4 Å². The first-order chi connectivity index (χ1) is 9.31. The Bertz CT molecular complexity index is 648. The summed E-state index contributed by atoms with van der Waals surface area (Å²) < 4.78 is 14.3. The van der Waals surface area contributed by atoms with E-state index in [9.17, 15) is 4.39 Å². The monoisotopic (exact) mass is 276 g/mol. The van der Waals surface area contributed by atoms with Crippen LogP contribution in [0.4, 0.5) is 10.3 Å². The van der Waals surface area contributed by atoms with Gasteiger partial charge in [-0.3, -0.25) is 0 Å². The van der Waals surface area contributed by atoms with Gasteiger partial charge in [-0.2, -0.15) is 0 Å². The van der Waals surface area contributed by atoms with Gasteiger partial charge in [0, 0.05) is 0 Å². The Morgan fingerprint density at radius 1 is 1.32 bits per heavy atom. The summed E-state index contributed by atoms with van der Waals surface area (Å²) in [4.78, 5) is 7.60. The van der Waals surface area contributed by atoms with Crippen molar-refractivity contribution in [1.82, 2.24) is 25.0 Å². The minimum Gasteiger partial charge on any atom is -0.348 e. The summed E-state index contributed by atoms with van der Waals surface area (Å²) in [5.74, 6) is -0.110. The molecular formula is C11H9FN6S. The van der Waals surface area contributed by atoms with Crippen molar-refractivity contribution < 1.29 is 4.39 Å². The summed E-state index contributed by atoms with van der Waals surface area (Å²) in [5, 5.41) is 14.0. The molecule has 0 saturated carbocycles. The fourth-order valence-electron chi connectivity index (χ4n) is 1.46. The molecule has 0 amide bonds. The average molecular weight is 276 g/mol. The number of nitrogens with one attached hydrogen (secondary N) is 1. The zero-order valence-electron chi connectivity index (χ0n) is 9.69. The van der Waals surface area contributed by atoms with Crippen molar-refractivity contribution in [3.05, 3.63) is 47.6 Å². The van der Waals surface area contributed by atoms with Crippen molar-refractivity contribution in [2.24, 2.45) is 0 Å². The molecule has 3 aromatic rings. The second-order valence-electron chi connectivity index (χ2n) is 3.68. The fraction of sp³-hybridized carbons (Fsp3) is 0.0909. The first-order valence-electron chi connectivity index (χ1n) is 5.48. The molecule has 96 valence electrons. The van der Waals surface area contributed by atoms with Gasteiger partial charge in [0.1, 0.15) is 10.7 Å². The smallest absolute Gasteiger partial charge is 0.223 e. The Kier molecular flexibility index (Phi) is 3.15. The number of rotatable bonds is 4. The van der Waals surface area contributed by atoms with E-state index in [2.05, 4.69) is 25.6 Å². The SMILES string of the molecule is Fc1cnc(NCc2cn(-c3cccs3)nn2)nc1. The molecule has 0 bridgehead atoms. The second-order valence-corrected chi connectivity index (χ2v) is 4.61. The maximum atomic E-state index is 12.6. The van der Waals surface area contributed by atoms with Crippen LogP contribution in [0.3, 0.4) is 0 Å². The Morgan fingerprint density at radius 2 is 2.16 bits per heavy atom. The third-order valence-electron chi connectivity index (χ3n) is 2.32. The minimum absolute atomic E-state index is 0.354. The van der Waals surface area contributed by atoms with Gasteiger partial charge in [0.15, 0.2) is 5.82 Å². The summed E-state index contributed by atoms with van der Waals surface area (Å²) in [6.07, 6.45) is 4.04. The molecule has 0 aliphatic carbocycles. The summed E-state index contributed by atoms with van der Waals surface area (Å²) in [7, 11) is 0. The van der Waals surface area contributed by atoms with Crippen LogP contribution in [0, 0.1) is 5.82 Å². The Balaban J connectivity index is 1.66. The molecule has 3 aromatic heterocycles. The van der Waals surface area contributed by atoms with Crippen LogP contribution < -0.4 is 5.32 Å². The normalized spacial score (nSPS) is 10.6. The highest BCUT2D eigenvalue weighted by Gasteiger charge is 2.04. The van der Waals surface area contributed by atoms with E-state index < -0.39 is 5.82 Å². The minimum atomic E-state index is -0.464. The molecule has 0 radical (unpaired) electrons. The Morgan fingerprint density at radius 3 is 2.89 bits per heavy atom. The third kappa shape index (κ3) is 2.74. The Labute approximate surface area is 112 Å². The number of aromatic nitrogens is 5. The lowest BCUT2D eigenvalue weighted by molar-refractivity contribution is 0.614. The summed E-state index contributed by atoms with van der Waals surface area (Å²) in [6.45, 7) is 0.428. The van der Waals surface area contributed by atoms with Crippen molar-refractivity contribution >= 4 is 17.3 Å². The number of hydrogen-bond donors (Lipinski definition) is 1. The van der Waals surface area contributed by atoms with E-state index in [-0.39, 0.29) is 0 Å². The lowest BCUT2D eigenvalue weighted by Crippen LogP contribution is -2.03. The fourth-order valence-corrected chi connectivity index (χ4v) is 2.11. The predicted molar refractivity (Wildman–Crippen MR) is 68.6 cm³/mol. The molecule has 0 spiro atoms. The highest BCUT2D eigenvalue weighted by molar-refractivity contribution is 7.12. The molecule has 0 aliphatic heterocycles. The number of thiophene rings is 1. The molecule has 19 heavy (non-hydrogen) atoms. The van der Waals surface area contributed by atoms with Crippen molar-refractivity contribution in [3.63, 3.8) is 0 Å². The van der Waals surface area contributed by atoms with E-state index in [1.807, 2.05) is 23.7 Å². The maximum absolute atomic E-state index is 12.6. The van der Waals surface area contributed by atoms with Crippen LogP contribution in [0.1, 0.15) is 5.69 Å². The maximum Gasteiger partial charge on any atom is 0.223 e.